The lowest BCUT2D eigenvalue weighted by molar-refractivity contribution is 0.0223. The van der Waals surface area contributed by atoms with Crippen molar-refractivity contribution in [2.45, 2.75) is 24.9 Å². The Balaban J connectivity index is 1.81. The third-order valence-electron chi connectivity index (χ3n) is 4.76. The zero-order valence-electron chi connectivity index (χ0n) is 14.8. The number of para-hydroxylation sites is 1. The highest BCUT2D eigenvalue weighted by atomic mass is 19.1. The summed E-state index contributed by atoms with van der Waals surface area (Å²) in [6.45, 7) is 1.64. The van der Waals surface area contributed by atoms with Crippen molar-refractivity contribution in [3.05, 3.63) is 71.6 Å². The van der Waals surface area contributed by atoms with Gasteiger partial charge in [0.15, 0.2) is 0 Å². The third kappa shape index (κ3) is 3.55. The topological polar surface area (TPSA) is 76.4 Å². The van der Waals surface area contributed by atoms with E-state index in [1.165, 1.54) is 23.1 Å². The second-order valence-electron chi connectivity index (χ2n) is 6.33. The molecule has 0 aliphatic carbocycles. The third-order valence-corrected chi connectivity index (χ3v) is 4.76. The molecule has 27 heavy (non-hydrogen) atoms. The van der Waals surface area contributed by atoms with Crippen molar-refractivity contribution < 1.29 is 14.3 Å². The summed E-state index contributed by atoms with van der Waals surface area (Å²) in [5.74, 6) is -0.859. The molecule has 2 N–H and O–H groups in total. The quantitative estimate of drug-likeness (QED) is 0.866. The Morgan fingerprint density at radius 2 is 2.00 bits per heavy atom. The molecule has 6 heteroatoms. The molecule has 2 amide bonds. The molecule has 3 atom stereocenters. The van der Waals surface area contributed by atoms with E-state index in [2.05, 4.69) is 11.4 Å². The van der Waals surface area contributed by atoms with E-state index in [0.29, 0.717) is 0 Å². The van der Waals surface area contributed by atoms with Crippen molar-refractivity contribution in [1.82, 2.24) is 4.90 Å². The Kier molecular flexibility index (Phi) is 5.53. The fourth-order valence-electron chi connectivity index (χ4n) is 3.45. The minimum absolute atomic E-state index is 0.0371. The molecule has 1 aliphatic heterocycles. The number of hydrogen-bond donors (Lipinski definition) is 2. The molecule has 2 aromatic rings. The Morgan fingerprint density at radius 1 is 1.30 bits per heavy atom. The van der Waals surface area contributed by atoms with Gasteiger partial charge in [-0.25, -0.2) is 9.18 Å². The van der Waals surface area contributed by atoms with Gasteiger partial charge in [-0.2, -0.15) is 5.26 Å². The highest BCUT2D eigenvalue weighted by Gasteiger charge is 2.51. The van der Waals surface area contributed by atoms with Gasteiger partial charge in [0.25, 0.3) is 0 Å². The van der Waals surface area contributed by atoms with Gasteiger partial charge in [0.05, 0.1) is 24.4 Å². The molecule has 0 saturated carbocycles. The largest absolute Gasteiger partial charge is 0.394 e. The summed E-state index contributed by atoms with van der Waals surface area (Å²) in [7, 11) is 0. The van der Waals surface area contributed by atoms with Gasteiger partial charge in [0.1, 0.15) is 11.9 Å². The molecule has 3 rings (SSSR count). The van der Waals surface area contributed by atoms with Crippen LogP contribution in [-0.2, 0) is 0 Å². The van der Waals surface area contributed by atoms with Gasteiger partial charge in [0, 0.05) is 5.92 Å². The van der Waals surface area contributed by atoms with Gasteiger partial charge in [-0.3, -0.25) is 0 Å². The number of rotatable bonds is 4. The Morgan fingerprint density at radius 3 is 2.59 bits per heavy atom. The lowest BCUT2D eigenvalue weighted by Crippen LogP contribution is -2.66. The summed E-state index contributed by atoms with van der Waals surface area (Å²) in [5, 5.41) is 21.8. The summed E-state index contributed by atoms with van der Waals surface area (Å²) >= 11 is 0. The second-order valence-corrected chi connectivity index (χ2v) is 6.33. The smallest absolute Gasteiger partial charge is 0.323 e. The highest BCUT2D eigenvalue weighted by Crippen LogP contribution is 2.40. The number of aliphatic hydroxyl groups is 1. The number of benzene rings is 2. The van der Waals surface area contributed by atoms with Crippen molar-refractivity contribution in [3.63, 3.8) is 0 Å². The SMILES string of the molecule is C/C=C/c1ccc([C@H]2[C@@H](CO)N(C(=O)Nc3ccccc3F)[C@H]2C#N)cc1. The fraction of sp³-hybridized carbons (Fsp3) is 0.238. The molecule has 1 fully saturated rings. The Bertz CT molecular complexity index is 889. The van der Waals surface area contributed by atoms with Crippen LogP contribution in [0.15, 0.2) is 54.6 Å². The molecule has 0 unspecified atom stereocenters. The lowest BCUT2D eigenvalue weighted by Gasteiger charge is -2.51. The molecule has 1 heterocycles. The minimum atomic E-state index is -0.735. The van der Waals surface area contributed by atoms with E-state index in [0.717, 1.165) is 11.1 Å². The number of halogens is 1. The van der Waals surface area contributed by atoms with Crippen molar-refractivity contribution in [1.29, 1.82) is 5.26 Å². The number of anilines is 1. The Labute approximate surface area is 157 Å². The van der Waals surface area contributed by atoms with Crippen LogP contribution >= 0.6 is 0 Å². The molecule has 1 aliphatic rings. The first kappa shape index (κ1) is 18.6. The van der Waals surface area contributed by atoms with Crippen LogP contribution in [0.1, 0.15) is 24.0 Å². The van der Waals surface area contributed by atoms with Crippen molar-refractivity contribution >= 4 is 17.8 Å². The average molecular weight is 365 g/mol. The van der Waals surface area contributed by atoms with Crippen LogP contribution in [0.4, 0.5) is 14.9 Å². The van der Waals surface area contributed by atoms with E-state index in [1.807, 2.05) is 43.3 Å². The zero-order valence-corrected chi connectivity index (χ0v) is 14.8. The number of amides is 2. The first-order valence-corrected chi connectivity index (χ1v) is 8.67. The fourth-order valence-corrected chi connectivity index (χ4v) is 3.45. The van der Waals surface area contributed by atoms with Crippen LogP contribution in [0.3, 0.4) is 0 Å². The number of nitriles is 1. The summed E-state index contributed by atoms with van der Waals surface area (Å²) in [5.41, 5.74) is 1.95. The second kappa shape index (κ2) is 8.02. The van der Waals surface area contributed by atoms with Gasteiger partial charge in [-0.1, -0.05) is 48.6 Å². The number of nitrogens with one attached hydrogen (secondary N) is 1. The number of carbonyl (C=O) groups is 1. The van der Waals surface area contributed by atoms with E-state index in [9.17, 15) is 19.6 Å². The van der Waals surface area contributed by atoms with E-state index < -0.39 is 23.9 Å². The summed E-state index contributed by atoms with van der Waals surface area (Å²) in [6, 6.07) is 13.7. The number of allylic oxidation sites excluding steroid dienone is 1. The van der Waals surface area contributed by atoms with Crippen molar-refractivity contribution in [2.24, 2.45) is 0 Å². The van der Waals surface area contributed by atoms with E-state index in [-0.39, 0.29) is 18.2 Å². The maximum absolute atomic E-state index is 13.8. The number of likely N-dealkylation sites (tertiary alicyclic amines) is 1. The lowest BCUT2D eigenvalue weighted by atomic mass is 9.76. The number of carbonyl (C=O) groups excluding carboxylic acids is 1. The van der Waals surface area contributed by atoms with Gasteiger partial charge >= 0.3 is 6.03 Å². The maximum atomic E-state index is 13.8. The van der Waals surface area contributed by atoms with E-state index in [4.69, 9.17) is 0 Å². The average Bonchev–Trinajstić information content (AvgIpc) is 2.65. The highest BCUT2D eigenvalue weighted by molar-refractivity contribution is 5.91. The Hall–Kier alpha value is -3.17. The predicted molar refractivity (Wildman–Crippen MR) is 101 cm³/mol. The summed E-state index contributed by atoms with van der Waals surface area (Å²) < 4.78 is 13.8. The minimum Gasteiger partial charge on any atom is -0.394 e. The molecular weight excluding hydrogens is 345 g/mol. The molecule has 0 bridgehead atoms. The summed E-state index contributed by atoms with van der Waals surface area (Å²) in [6.07, 6.45) is 3.89. The maximum Gasteiger partial charge on any atom is 0.323 e. The van der Waals surface area contributed by atoms with Crippen LogP contribution in [0.5, 0.6) is 0 Å². The van der Waals surface area contributed by atoms with Gasteiger partial charge in [-0.05, 0) is 30.2 Å². The number of aliphatic hydroxyl groups excluding tert-OH is 1. The molecular formula is C21H20FN3O2. The molecule has 5 nitrogen and oxygen atoms in total. The monoisotopic (exact) mass is 365 g/mol. The molecule has 2 aromatic carbocycles. The van der Waals surface area contributed by atoms with Crippen LogP contribution < -0.4 is 5.32 Å². The molecule has 0 radical (unpaired) electrons. The number of hydrogen-bond acceptors (Lipinski definition) is 3. The van der Waals surface area contributed by atoms with Crippen LogP contribution in [0.25, 0.3) is 6.08 Å². The summed E-state index contributed by atoms with van der Waals surface area (Å²) in [4.78, 5) is 13.9. The van der Waals surface area contributed by atoms with Crippen LogP contribution in [-0.4, -0.2) is 34.7 Å². The zero-order chi connectivity index (χ0) is 19.4. The first-order valence-electron chi connectivity index (χ1n) is 8.67. The van der Waals surface area contributed by atoms with Crippen molar-refractivity contribution in [3.8, 4) is 6.07 Å². The molecule has 0 aromatic heterocycles. The van der Waals surface area contributed by atoms with E-state index in [1.54, 1.807) is 6.07 Å². The predicted octanol–water partition coefficient (Wildman–Crippen LogP) is 3.74. The number of nitrogens with zero attached hydrogens (tertiary/aromatic N) is 2. The molecule has 138 valence electrons. The van der Waals surface area contributed by atoms with E-state index >= 15 is 0 Å². The normalized spacial score (nSPS) is 21.6. The van der Waals surface area contributed by atoms with Crippen molar-refractivity contribution in [2.75, 3.05) is 11.9 Å². The van der Waals surface area contributed by atoms with Gasteiger partial charge in [0.2, 0.25) is 0 Å². The van der Waals surface area contributed by atoms with Crippen LogP contribution in [0.2, 0.25) is 0 Å². The van der Waals surface area contributed by atoms with Crippen LogP contribution in [0, 0.1) is 17.1 Å². The molecule has 1 saturated heterocycles. The standard InChI is InChI=1S/C21H20FN3O2/c1-2-5-14-8-10-15(11-9-14)20-18(12-23)25(19(20)13-26)21(27)24-17-7-4-3-6-16(17)22/h2-11,18-20,26H,13H2,1H3,(H,24,27)/b5-2+/t18-,19+,20+/m0/s1. The van der Waals surface area contributed by atoms with Gasteiger partial charge in [-0.15, -0.1) is 0 Å². The first-order chi connectivity index (χ1) is 13.1. The molecule has 0 spiro atoms. The number of urea groups is 1. The van der Waals surface area contributed by atoms with Gasteiger partial charge < -0.3 is 15.3 Å².